The highest BCUT2D eigenvalue weighted by Gasteiger charge is 2.08. The van der Waals surface area contributed by atoms with Crippen LogP contribution in [0, 0.1) is 0 Å². The van der Waals surface area contributed by atoms with Crippen molar-refractivity contribution in [3.8, 4) is 11.5 Å². The van der Waals surface area contributed by atoms with Gasteiger partial charge >= 0.3 is 5.97 Å². The average molecular weight is 279 g/mol. The zero-order chi connectivity index (χ0) is 13.8. The summed E-state index contributed by atoms with van der Waals surface area (Å²) in [6, 6.07) is 10.9. The first-order valence-corrected chi connectivity index (χ1v) is 5.87. The highest BCUT2D eigenvalue weighted by molar-refractivity contribution is 6.32. The zero-order valence-corrected chi connectivity index (χ0v) is 10.6. The topological polar surface area (TPSA) is 66.8 Å². The fourth-order valence-electron chi connectivity index (χ4n) is 1.56. The fourth-order valence-corrected chi connectivity index (χ4v) is 1.79. The summed E-state index contributed by atoms with van der Waals surface area (Å²) in [5.74, 6) is -0.482. The Morgan fingerprint density at radius 2 is 2.00 bits per heavy atom. The number of benzene rings is 2. The summed E-state index contributed by atoms with van der Waals surface area (Å²) in [5.41, 5.74) is 0.896. The lowest BCUT2D eigenvalue weighted by Crippen LogP contribution is -1.99. The van der Waals surface area contributed by atoms with Crippen molar-refractivity contribution in [3.05, 3.63) is 58.6 Å². The number of ether oxygens (including phenoxy) is 1. The fraction of sp³-hybridized carbons (Fsp3) is 0.0714. The van der Waals surface area contributed by atoms with Gasteiger partial charge in [-0.25, -0.2) is 4.79 Å². The number of carboxylic acids is 1. The second-order valence-electron chi connectivity index (χ2n) is 3.91. The molecule has 0 aliphatic carbocycles. The first-order valence-electron chi connectivity index (χ1n) is 5.50. The highest BCUT2D eigenvalue weighted by Crippen LogP contribution is 2.26. The summed E-state index contributed by atoms with van der Waals surface area (Å²) in [5, 5.41) is 18.4. The third-order valence-corrected chi connectivity index (χ3v) is 2.78. The molecule has 0 heterocycles. The van der Waals surface area contributed by atoms with Crippen molar-refractivity contribution in [3.63, 3.8) is 0 Å². The molecule has 4 nitrogen and oxygen atoms in total. The van der Waals surface area contributed by atoms with Gasteiger partial charge in [-0.15, -0.1) is 0 Å². The number of phenols is 1. The van der Waals surface area contributed by atoms with Crippen LogP contribution in [0.2, 0.25) is 5.02 Å². The van der Waals surface area contributed by atoms with E-state index in [9.17, 15) is 9.90 Å². The number of aromatic carboxylic acids is 1. The lowest BCUT2D eigenvalue weighted by Gasteiger charge is -2.08. The third kappa shape index (κ3) is 3.39. The Bertz CT molecular complexity index is 610. The number of hydrogen-bond acceptors (Lipinski definition) is 3. The molecule has 0 aliphatic heterocycles. The number of hydrogen-bond donors (Lipinski definition) is 2. The molecule has 0 radical (unpaired) electrons. The van der Waals surface area contributed by atoms with Gasteiger partial charge in [0.05, 0.1) is 10.6 Å². The molecule has 2 aromatic rings. The minimum atomic E-state index is -1.04. The van der Waals surface area contributed by atoms with Crippen LogP contribution in [-0.2, 0) is 6.61 Å². The van der Waals surface area contributed by atoms with Crippen LogP contribution in [-0.4, -0.2) is 16.2 Å². The maximum Gasteiger partial charge on any atom is 0.335 e. The predicted octanol–water partition coefficient (Wildman–Crippen LogP) is 3.32. The molecule has 0 aliphatic rings. The van der Waals surface area contributed by atoms with Crippen molar-refractivity contribution in [1.29, 1.82) is 0 Å². The van der Waals surface area contributed by atoms with Crippen LogP contribution in [0.25, 0.3) is 0 Å². The maximum atomic E-state index is 10.8. The Hall–Kier alpha value is -2.20. The maximum absolute atomic E-state index is 10.8. The average Bonchev–Trinajstić information content (AvgIpc) is 2.37. The summed E-state index contributed by atoms with van der Waals surface area (Å²) in [7, 11) is 0. The molecule has 0 saturated heterocycles. The molecule has 2 aromatic carbocycles. The van der Waals surface area contributed by atoms with Crippen molar-refractivity contribution in [2.24, 2.45) is 0 Å². The van der Waals surface area contributed by atoms with Gasteiger partial charge in [0, 0.05) is 0 Å². The monoisotopic (exact) mass is 278 g/mol. The summed E-state index contributed by atoms with van der Waals surface area (Å²) in [4.78, 5) is 10.8. The van der Waals surface area contributed by atoms with E-state index >= 15 is 0 Å². The number of halogens is 1. The van der Waals surface area contributed by atoms with Crippen LogP contribution in [0.3, 0.4) is 0 Å². The number of carbonyl (C=O) groups is 1. The molecule has 0 fully saturated rings. The lowest BCUT2D eigenvalue weighted by molar-refractivity contribution is 0.0697. The van der Waals surface area contributed by atoms with E-state index in [-0.39, 0.29) is 22.9 Å². The molecule has 0 unspecified atom stereocenters. The zero-order valence-electron chi connectivity index (χ0n) is 9.84. The van der Waals surface area contributed by atoms with Crippen LogP contribution in [0.15, 0.2) is 42.5 Å². The van der Waals surface area contributed by atoms with Gasteiger partial charge in [-0.3, -0.25) is 0 Å². The van der Waals surface area contributed by atoms with Gasteiger partial charge in [0.2, 0.25) is 0 Å². The van der Waals surface area contributed by atoms with Gasteiger partial charge in [-0.2, -0.15) is 0 Å². The molecule has 0 amide bonds. The third-order valence-electron chi connectivity index (χ3n) is 2.48. The van der Waals surface area contributed by atoms with Crippen molar-refractivity contribution in [2.45, 2.75) is 6.61 Å². The molecular weight excluding hydrogens is 268 g/mol. The van der Waals surface area contributed by atoms with Gasteiger partial charge in [-0.05, 0) is 35.9 Å². The van der Waals surface area contributed by atoms with Gasteiger partial charge < -0.3 is 14.9 Å². The van der Waals surface area contributed by atoms with Gasteiger partial charge in [0.1, 0.15) is 18.1 Å². The van der Waals surface area contributed by atoms with Crippen molar-refractivity contribution < 1.29 is 19.7 Å². The van der Waals surface area contributed by atoms with Crippen LogP contribution in [0.4, 0.5) is 0 Å². The van der Waals surface area contributed by atoms with E-state index in [0.717, 1.165) is 5.56 Å². The number of aromatic hydroxyl groups is 1. The van der Waals surface area contributed by atoms with Crippen molar-refractivity contribution >= 4 is 17.6 Å². The number of carboxylic acid groups (broad SMARTS) is 1. The van der Waals surface area contributed by atoms with Gasteiger partial charge in [0.25, 0.3) is 0 Å². The molecule has 0 spiro atoms. The second kappa shape index (κ2) is 5.63. The van der Waals surface area contributed by atoms with Gasteiger partial charge in [-0.1, -0.05) is 23.7 Å². The SMILES string of the molecule is O=C(O)c1ccc(OCc2cccc(O)c2)c(Cl)c1. The molecule has 0 aromatic heterocycles. The molecule has 0 bridgehead atoms. The number of rotatable bonds is 4. The van der Waals surface area contributed by atoms with E-state index in [0.29, 0.717) is 5.75 Å². The Balaban J connectivity index is 2.10. The Morgan fingerprint density at radius 1 is 1.21 bits per heavy atom. The van der Waals surface area contributed by atoms with Crippen LogP contribution in [0.1, 0.15) is 15.9 Å². The molecule has 2 N–H and O–H groups in total. The predicted molar refractivity (Wildman–Crippen MR) is 70.9 cm³/mol. The summed E-state index contributed by atoms with van der Waals surface area (Å²) >= 11 is 5.93. The van der Waals surface area contributed by atoms with Crippen LogP contribution < -0.4 is 4.74 Å². The molecule has 5 heteroatoms. The molecule has 0 atom stereocenters. The van der Waals surface area contributed by atoms with E-state index in [2.05, 4.69) is 0 Å². The van der Waals surface area contributed by atoms with Gasteiger partial charge in [0.15, 0.2) is 0 Å². The number of phenolic OH excluding ortho intramolecular Hbond substituents is 1. The van der Waals surface area contributed by atoms with E-state index in [1.54, 1.807) is 24.3 Å². The van der Waals surface area contributed by atoms with E-state index in [1.165, 1.54) is 18.2 Å². The van der Waals surface area contributed by atoms with Crippen LogP contribution in [0.5, 0.6) is 11.5 Å². The van der Waals surface area contributed by atoms with Crippen molar-refractivity contribution in [1.82, 2.24) is 0 Å². The molecule has 0 saturated carbocycles. The Labute approximate surface area is 114 Å². The first kappa shape index (κ1) is 13.2. The first-order chi connectivity index (χ1) is 9.06. The Morgan fingerprint density at radius 3 is 2.63 bits per heavy atom. The van der Waals surface area contributed by atoms with Crippen molar-refractivity contribution in [2.75, 3.05) is 0 Å². The van der Waals surface area contributed by atoms with E-state index in [1.807, 2.05) is 0 Å². The Kier molecular flexibility index (Phi) is 3.92. The van der Waals surface area contributed by atoms with E-state index in [4.69, 9.17) is 21.4 Å². The normalized spacial score (nSPS) is 10.2. The summed E-state index contributed by atoms with van der Waals surface area (Å²) in [6.45, 7) is 0.237. The largest absolute Gasteiger partial charge is 0.508 e. The lowest BCUT2D eigenvalue weighted by atomic mass is 10.2. The molecule has 19 heavy (non-hydrogen) atoms. The molecular formula is C14H11ClO4. The summed E-state index contributed by atoms with van der Waals surface area (Å²) in [6.07, 6.45) is 0. The van der Waals surface area contributed by atoms with E-state index < -0.39 is 5.97 Å². The molecule has 98 valence electrons. The standard InChI is InChI=1S/C14H11ClO4/c15-12-7-10(14(17)18)4-5-13(12)19-8-9-2-1-3-11(16)6-9/h1-7,16H,8H2,(H,17,18). The second-order valence-corrected chi connectivity index (χ2v) is 4.32. The van der Waals surface area contributed by atoms with Crippen LogP contribution >= 0.6 is 11.6 Å². The highest BCUT2D eigenvalue weighted by atomic mass is 35.5. The summed E-state index contributed by atoms with van der Waals surface area (Å²) < 4.78 is 5.48. The minimum Gasteiger partial charge on any atom is -0.508 e. The quantitative estimate of drug-likeness (QED) is 0.900. The smallest absolute Gasteiger partial charge is 0.335 e. The minimum absolute atomic E-state index is 0.106. The molecule has 2 rings (SSSR count).